The molecule has 0 radical (unpaired) electrons. The van der Waals surface area contributed by atoms with Crippen LogP contribution in [0, 0.1) is 0 Å². The van der Waals surface area contributed by atoms with Gasteiger partial charge in [0.2, 0.25) is 5.91 Å². The van der Waals surface area contributed by atoms with Crippen molar-refractivity contribution in [3.63, 3.8) is 0 Å². The second kappa shape index (κ2) is 6.29. The number of likely N-dealkylation sites (N-methyl/N-ethyl adjacent to an activating group) is 1. The highest BCUT2D eigenvalue weighted by Crippen LogP contribution is 2.11. The van der Waals surface area contributed by atoms with E-state index >= 15 is 0 Å². The lowest BCUT2D eigenvalue weighted by atomic mass is 10.2. The number of nitrogens with zero attached hydrogens (tertiary/aromatic N) is 2. The number of nitrogens with one attached hydrogen (secondary N) is 1. The highest BCUT2D eigenvalue weighted by Gasteiger charge is 2.05. The van der Waals surface area contributed by atoms with Crippen molar-refractivity contribution in [2.75, 3.05) is 20.1 Å². The van der Waals surface area contributed by atoms with E-state index < -0.39 is 0 Å². The topological polar surface area (TPSA) is 45.2 Å². The van der Waals surface area contributed by atoms with E-state index in [0.717, 1.165) is 23.1 Å². The molecule has 1 aromatic carbocycles. The van der Waals surface area contributed by atoms with Crippen LogP contribution in [0.4, 0.5) is 0 Å². The Kier molecular flexibility index (Phi) is 4.47. The van der Waals surface area contributed by atoms with Crippen LogP contribution in [0.25, 0.3) is 10.9 Å². The van der Waals surface area contributed by atoms with Gasteiger partial charge < -0.3 is 10.2 Å². The number of pyridine rings is 1. The average Bonchev–Trinajstić information content (AvgIpc) is 2.46. The van der Waals surface area contributed by atoms with E-state index in [0.29, 0.717) is 13.1 Å². The third kappa shape index (κ3) is 3.51. The summed E-state index contributed by atoms with van der Waals surface area (Å²) in [7, 11) is 1.80. The van der Waals surface area contributed by atoms with Crippen molar-refractivity contribution in [1.82, 2.24) is 15.2 Å². The highest BCUT2D eigenvalue weighted by atomic mass is 16.2. The summed E-state index contributed by atoms with van der Waals surface area (Å²) in [5.74, 6) is 0.100. The third-order valence-electron chi connectivity index (χ3n) is 3.14. The Morgan fingerprint density at radius 2 is 2.05 bits per heavy atom. The first kappa shape index (κ1) is 13.5. The highest BCUT2D eigenvalue weighted by molar-refractivity contribution is 5.78. The number of para-hydroxylation sites is 1. The zero-order valence-electron chi connectivity index (χ0n) is 11.4. The van der Waals surface area contributed by atoms with Crippen molar-refractivity contribution in [3.05, 3.63) is 42.1 Å². The van der Waals surface area contributed by atoms with Gasteiger partial charge in [0.15, 0.2) is 0 Å². The summed E-state index contributed by atoms with van der Waals surface area (Å²) < 4.78 is 0. The molecule has 100 valence electrons. The Morgan fingerprint density at radius 3 is 2.84 bits per heavy atom. The monoisotopic (exact) mass is 257 g/mol. The van der Waals surface area contributed by atoms with Crippen LogP contribution in [0.15, 0.2) is 36.4 Å². The summed E-state index contributed by atoms with van der Waals surface area (Å²) in [6.07, 6.45) is 0. The molecule has 4 nitrogen and oxygen atoms in total. The van der Waals surface area contributed by atoms with E-state index in [9.17, 15) is 4.79 Å². The molecule has 19 heavy (non-hydrogen) atoms. The van der Waals surface area contributed by atoms with Gasteiger partial charge in [0.1, 0.15) is 0 Å². The fraction of sp³-hybridized carbons (Fsp3) is 0.333. The Labute approximate surface area is 113 Å². The van der Waals surface area contributed by atoms with Crippen LogP contribution < -0.4 is 5.32 Å². The number of hydrogen-bond acceptors (Lipinski definition) is 3. The minimum Gasteiger partial charge on any atom is -0.345 e. The van der Waals surface area contributed by atoms with Crippen LogP contribution in [0.2, 0.25) is 0 Å². The molecule has 0 aliphatic heterocycles. The first-order chi connectivity index (χ1) is 9.20. The van der Waals surface area contributed by atoms with Crippen molar-refractivity contribution in [3.8, 4) is 0 Å². The van der Waals surface area contributed by atoms with Crippen LogP contribution in [0.3, 0.4) is 0 Å². The first-order valence-electron chi connectivity index (χ1n) is 6.50. The van der Waals surface area contributed by atoms with E-state index in [2.05, 4.69) is 16.4 Å². The summed E-state index contributed by atoms with van der Waals surface area (Å²) in [6.45, 7) is 3.64. The summed E-state index contributed by atoms with van der Waals surface area (Å²) in [5, 5.41) is 4.26. The van der Waals surface area contributed by atoms with Crippen LogP contribution >= 0.6 is 0 Å². The lowest BCUT2D eigenvalue weighted by molar-refractivity contribution is -0.128. The summed E-state index contributed by atoms with van der Waals surface area (Å²) in [5.41, 5.74) is 1.93. The molecule has 0 fully saturated rings. The Balaban J connectivity index is 1.93. The average molecular weight is 257 g/mol. The smallest absolute Gasteiger partial charge is 0.236 e. The molecule has 0 unspecified atom stereocenters. The van der Waals surface area contributed by atoms with Gasteiger partial charge in [-0.25, -0.2) is 0 Å². The van der Waals surface area contributed by atoms with Crippen molar-refractivity contribution >= 4 is 16.8 Å². The van der Waals surface area contributed by atoms with Gasteiger partial charge in [0.25, 0.3) is 0 Å². The second-order valence-corrected chi connectivity index (χ2v) is 4.51. The molecule has 0 spiro atoms. The molecule has 0 atom stereocenters. The number of carbonyl (C=O) groups is 1. The van der Waals surface area contributed by atoms with Gasteiger partial charge in [-0.05, 0) is 19.1 Å². The number of aromatic nitrogens is 1. The predicted octanol–water partition coefficient (Wildman–Crippen LogP) is 1.80. The van der Waals surface area contributed by atoms with Gasteiger partial charge in [-0.3, -0.25) is 9.78 Å². The van der Waals surface area contributed by atoms with Gasteiger partial charge in [0.05, 0.1) is 17.8 Å². The number of rotatable bonds is 5. The van der Waals surface area contributed by atoms with Crippen molar-refractivity contribution in [2.24, 2.45) is 0 Å². The molecular weight excluding hydrogens is 238 g/mol. The van der Waals surface area contributed by atoms with Gasteiger partial charge in [-0.15, -0.1) is 0 Å². The lowest BCUT2D eigenvalue weighted by Crippen LogP contribution is -2.35. The van der Waals surface area contributed by atoms with Crippen LogP contribution in [-0.4, -0.2) is 35.9 Å². The number of benzene rings is 1. The van der Waals surface area contributed by atoms with Gasteiger partial charge in [-0.2, -0.15) is 0 Å². The maximum Gasteiger partial charge on any atom is 0.236 e. The van der Waals surface area contributed by atoms with Crippen LogP contribution in [0.5, 0.6) is 0 Å². The molecule has 1 aromatic heterocycles. The number of fused-ring (bicyclic) bond motifs is 1. The van der Waals surface area contributed by atoms with Crippen LogP contribution in [0.1, 0.15) is 12.6 Å². The molecule has 0 aliphatic rings. The summed E-state index contributed by atoms with van der Waals surface area (Å²) >= 11 is 0. The Hall–Kier alpha value is -1.94. The molecule has 4 heteroatoms. The van der Waals surface area contributed by atoms with E-state index in [1.54, 1.807) is 11.9 Å². The van der Waals surface area contributed by atoms with Crippen LogP contribution in [-0.2, 0) is 11.3 Å². The Morgan fingerprint density at radius 1 is 1.26 bits per heavy atom. The predicted molar refractivity (Wildman–Crippen MR) is 76.8 cm³/mol. The zero-order valence-corrected chi connectivity index (χ0v) is 11.4. The Bertz CT molecular complexity index is 568. The van der Waals surface area contributed by atoms with Gasteiger partial charge in [0, 0.05) is 25.5 Å². The molecule has 1 amide bonds. The van der Waals surface area contributed by atoms with Gasteiger partial charge >= 0.3 is 0 Å². The van der Waals surface area contributed by atoms with Crippen molar-refractivity contribution in [1.29, 1.82) is 0 Å². The fourth-order valence-corrected chi connectivity index (χ4v) is 1.82. The molecule has 1 heterocycles. The normalized spacial score (nSPS) is 10.6. The third-order valence-corrected chi connectivity index (χ3v) is 3.14. The second-order valence-electron chi connectivity index (χ2n) is 4.51. The summed E-state index contributed by atoms with van der Waals surface area (Å²) in [4.78, 5) is 17.9. The van der Waals surface area contributed by atoms with Gasteiger partial charge in [-0.1, -0.05) is 24.3 Å². The standard InChI is InChI=1S/C15H19N3O/c1-3-18(2)15(19)11-16-10-13-9-8-12-6-4-5-7-14(12)17-13/h4-9,16H,3,10-11H2,1-2H3. The maximum atomic E-state index is 11.6. The van der Waals surface area contributed by atoms with E-state index in [4.69, 9.17) is 0 Å². The van der Waals surface area contributed by atoms with E-state index in [-0.39, 0.29) is 5.91 Å². The first-order valence-corrected chi connectivity index (χ1v) is 6.50. The van der Waals surface area contributed by atoms with Crippen molar-refractivity contribution < 1.29 is 4.79 Å². The van der Waals surface area contributed by atoms with E-state index in [1.165, 1.54) is 0 Å². The SMILES string of the molecule is CCN(C)C(=O)CNCc1ccc2ccccc2n1. The quantitative estimate of drug-likeness (QED) is 0.888. The zero-order chi connectivity index (χ0) is 13.7. The lowest BCUT2D eigenvalue weighted by Gasteiger charge is -2.14. The molecule has 2 rings (SSSR count). The van der Waals surface area contributed by atoms with E-state index in [1.807, 2.05) is 37.3 Å². The maximum absolute atomic E-state index is 11.6. The molecule has 0 saturated carbocycles. The molecule has 1 N–H and O–H groups in total. The van der Waals surface area contributed by atoms with Crippen molar-refractivity contribution in [2.45, 2.75) is 13.5 Å². The molecule has 2 aromatic rings. The fourth-order valence-electron chi connectivity index (χ4n) is 1.82. The largest absolute Gasteiger partial charge is 0.345 e. The number of hydrogen-bond donors (Lipinski definition) is 1. The summed E-state index contributed by atoms with van der Waals surface area (Å²) in [6, 6.07) is 12.1. The molecular formula is C15H19N3O. The minimum absolute atomic E-state index is 0.100. The molecule has 0 aliphatic carbocycles. The minimum atomic E-state index is 0.100. The number of carbonyl (C=O) groups excluding carboxylic acids is 1. The molecule has 0 bridgehead atoms. The molecule has 0 saturated heterocycles. The number of amides is 1.